The van der Waals surface area contributed by atoms with Gasteiger partial charge in [-0.25, -0.2) is 0 Å². The van der Waals surface area contributed by atoms with Crippen LogP contribution >= 0.6 is 0 Å². The lowest BCUT2D eigenvalue weighted by molar-refractivity contribution is 0.139. The Morgan fingerprint density at radius 1 is 0.812 bits per heavy atom. The predicted octanol–water partition coefficient (Wildman–Crippen LogP) is 5.42. The van der Waals surface area contributed by atoms with Crippen molar-refractivity contribution < 1.29 is 0 Å². The Bertz CT molecular complexity index is 188. The fourth-order valence-corrected chi connectivity index (χ4v) is 4.26. The molecular formula is C16H30. The molecular weight excluding hydrogens is 192 g/mol. The Balaban J connectivity index is 1.85. The van der Waals surface area contributed by atoms with Crippen molar-refractivity contribution in [3.05, 3.63) is 0 Å². The molecule has 2 rings (SSSR count). The molecule has 0 aromatic carbocycles. The van der Waals surface area contributed by atoms with Gasteiger partial charge in [0.15, 0.2) is 0 Å². The average molecular weight is 222 g/mol. The second-order valence-electron chi connectivity index (χ2n) is 6.69. The summed E-state index contributed by atoms with van der Waals surface area (Å²) in [4.78, 5) is 0. The van der Waals surface area contributed by atoms with Crippen LogP contribution in [0, 0.1) is 23.7 Å². The van der Waals surface area contributed by atoms with Crippen molar-refractivity contribution >= 4 is 0 Å². The molecule has 2 unspecified atom stereocenters. The number of rotatable bonds is 3. The highest BCUT2D eigenvalue weighted by atomic mass is 14.3. The maximum Gasteiger partial charge on any atom is -0.0363 e. The van der Waals surface area contributed by atoms with Gasteiger partial charge in [0.1, 0.15) is 0 Å². The summed E-state index contributed by atoms with van der Waals surface area (Å²) in [7, 11) is 0. The largest absolute Gasteiger partial charge is 0.0625 e. The smallest absolute Gasteiger partial charge is 0.0363 e. The standard InChI is InChI=1S/C16H30/c1-13(2)16-11-7-6-10-15(16)12-14-8-4-3-5-9-14/h13-16H,3-12H2,1-2H3. The molecule has 16 heavy (non-hydrogen) atoms. The van der Waals surface area contributed by atoms with Gasteiger partial charge in [0.05, 0.1) is 0 Å². The van der Waals surface area contributed by atoms with E-state index in [0.717, 1.165) is 23.7 Å². The second-order valence-corrected chi connectivity index (χ2v) is 6.69. The molecule has 0 aliphatic heterocycles. The third-order valence-corrected chi connectivity index (χ3v) is 5.19. The lowest BCUT2D eigenvalue weighted by Gasteiger charge is -2.37. The van der Waals surface area contributed by atoms with E-state index in [1.54, 1.807) is 25.7 Å². The molecule has 0 saturated heterocycles. The monoisotopic (exact) mass is 222 g/mol. The molecule has 2 saturated carbocycles. The molecule has 0 aromatic heterocycles. The normalized spacial score (nSPS) is 33.2. The quantitative estimate of drug-likeness (QED) is 0.598. The zero-order valence-corrected chi connectivity index (χ0v) is 11.4. The molecule has 2 aliphatic carbocycles. The van der Waals surface area contributed by atoms with Gasteiger partial charge in [-0.15, -0.1) is 0 Å². The summed E-state index contributed by atoms with van der Waals surface area (Å²) in [6.07, 6.45) is 15.3. The highest BCUT2D eigenvalue weighted by Crippen LogP contribution is 2.41. The van der Waals surface area contributed by atoms with Gasteiger partial charge in [-0.1, -0.05) is 65.2 Å². The Labute approximate surface area is 102 Å². The molecule has 0 N–H and O–H groups in total. The summed E-state index contributed by atoms with van der Waals surface area (Å²) in [5.41, 5.74) is 0. The van der Waals surface area contributed by atoms with Crippen LogP contribution in [-0.2, 0) is 0 Å². The fraction of sp³-hybridized carbons (Fsp3) is 1.00. The molecule has 0 spiro atoms. The van der Waals surface area contributed by atoms with E-state index in [1.165, 1.54) is 38.5 Å². The molecule has 0 aromatic rings. The van der Waals surface area contributed by atoms with E-state index in [-0.39, 0.29) is 0 Å². The first-order valence-corrected chi connectivity index (χ1v) is 7.77. The fourth-order valence-electron chi connectivity index (χ4n) is 4.26. The first-order valence-electron chi connectivity index (χ1n) is 7.77. The van der Waals surface area contributed by atoms with Gasteiger partial charge in [0.2, 0.25) is 0 Å². The molecule has 2 aliphatic rings. The van der Waals surface area contributed by atoms with Crippen LogP contribution in [-0.4, -0.2) is 0 Å². The lowest BCUT2D eigenvalue weighted by Crippen LogP contribution is -2.26. The maximum absolute atomic E-state index is 2.45. The predicted molar refractivity (Wildman–Crippen MR) is 71.5 cm³/mol. The van der Waals surface area contributed by atoms with Crippen molar-refractivity contribution in [1.82, 2.24) is 0 Å². The molecule has 0 heteroatoms. The van der Waals surface area contributed by atoms with Gasteiger partial charge in [0, 0.05) is 0 Å². The lowest BCUT2D eigenvalue weighted by atomic mass is 9.69. The summed E-state index contributed by atoms with van der Waals surface area (Å²) < 4.78 is 0. The molecule has 0 bridgehead atoms. The highest BCUT2D eigenvalue weighted by molar-refractivity contribution is 4.80. The van der Waals surface area contributed by atoms with Crippen LogP contribution in [0.25, 0.3) is 0 Å². The summed E-state index contributed by atoms with van der Waals surface area (Å²) in [6.45, 7) is 4.90. The van der Waals surface area contributed by atoms with Crippen LogP contribution in [0.3, 0.4) is 0 Å². The van der Waals surface area contributed by atoms with E-state index in [1.807, 2.05) is 0 Å². The molecule has 0 nitrogen and oxygen atoms in total. The van der Waals surface area contributed by atoms with Gasteiger partial charge in [-0.2, -0.15) is 0 Å². The summed E-state index contributed by atoms with van der Waals surface area (Å²) in [6, 6.07) is 0. The first-order chi connectivity index (χ1) is 7.77. The van der Waals surface area contributed by atoms with Gasteiger partial charge in [-0.3, -0.25) is 0 Å². The zero-order valence-electron chi connectivity index (χ0n) is 11.4. The SMILES string of the molecule is CC(C)C1CCCCC1CC1CCCCC1. The highest BCUT2D eigenvalue weighted by Gasteiger charge is 2.29. The minimum Gasteiger partial charge on any atom is -0.0625 e. The molecule has 94 valence electrons. The Morgan fingerprint density at radius 3 is 2.12 bits per heavy atom. The summed E-state index contributed by atoms with van der Waals surface area (Å²) >= 11 is 0. The summed E-state index contributed by atoms with van der Waals surface area (Å²) in [5.74, 6) is 4.15. The first kappa shape index (κ1) is 12.5. The number of hydrogen-bond acceptors (Lipinski definition) is 0. The van der Waals surface area contributed by atoms with Crippen molar-refractivity contribution in [3.8, 4) is 0 Å². The van der Waals surface area contributed by atoms with Crippen LogP contribution in [0.2, 0.25) is 0 Å². The van der Waals surface area contributed by atoms with Gasteiger partial charge < -0.3 is 0 Å². The van der Waals surface area contributed by atoms with Crippen LogP contribution in [0.5, 0.6) is 0 Å². The van der Waals surface area contributed by atoms with Gasteiger partial charge in [0.25, 0.3) is 0 Å². The van der Waals surface area contributed by atoms with Crippen molar-refractivity contribution in [2.45, 2.75) is 78.1 Å². The van der Waals surface area contributed by atoms with E-state index in [9.17, 15) is 0 Å². The molecule has 2 fully saturated rings. The van der Waals surface area contributed by atoms with Crippen molar-refractivity contribution in [3.63, 3.8) is 0 Å². The van der Waals surface area contributed by atoms with Crippen LogP contribution in [0.15, 0.2) is 0 Å². The van der Waals surface area contributed by atoms with E-state index in [4.69, 9.17) is 0 Å². The minimum atomic E-state index is 0.925. The Hall–Kier alpha value is 0. The van der Waals surface area contributed by atoms with Crippen molar-refractivity contribution in [1.29, 1.82) is 0 Å². The van der Waals surface area contributed by atoms with E-state index in [2.05, 4.69) is 13.8 Å². The topological polar surface area (TPSA) is 0 Å². The summed E-state index contributed by atoms with van der Waals surface area (Å²) in [5, 5.41) is 0. The molecule has 2 atom stereocenters. The molecule has 0 radical (unpaired) electrons. The zero-order chi connectivity index (χ0) is 11.4. The van der Waals surface area contributed by atoms with Gasteiger partial charge >= 0.3 is 0 Å². The van der Waals surface area contributed by atoms with E-state index < -0.39 is 0 Å². The Kier molecular flexibility index (Phi) is 4.73. The van der Waals surface area contributed by atoms with Crippen molar-refractivity contribution in [2.75, 3.05) is 0 Å². The van der Waals surface area contributed by atoms with Crippen molar-refractivity contribution in [2.24, 2.45) is 23.7 Å². The second kappa shape index (κ2) is 6.07. The maximum atomic E-state index is 2.45. The van der Waals surface area contributed by atoms with Crippen LogP contribution in [0.1, 0.15) is 78.1 Å². The third-order valence-electron chi connectivity index (χ3n) is 5.19. The van der Waals surface area contributed by atoms with Gasteiger partial charge in [-0.05, 0) is 36.5 Å². The molecule has 0 amide bonds. The third kappa shape index (κ3) is 3.25. The number of hydrogen-bond donors (Lipinski definition) is 0. The van der Waals surface area contributed by atoms with E-state index >= 15 is 0 Å². The molecule has 0 heterocycles. The van der Waals surface area contributed by atoms with Crippen LogP contribution in [0.4, 0.5) is 0 Å². The average Bonchev–Trinajstić information content (AvgIpc) is 2.31. The minimum absolute atomic E-state index is 0.925. The van der Waals surface area contributed by atoms with E-state index in [0.29, 0.717) is 0 Å². The van der Waals surface area contributed by atoms with Crippen LogP contribution < -0.4 is 0 Å². The Morgan fingerprint density at radius 2 is 1.44 bits per heavy atom.